The summed E-state index contributed by atoms with van der Waals surface area (Å²) in [7, 11) is 0. The zero-order valence-corrected chi connectivity index (χ0v) is 15.3. The number of anilines is 3. The van der Waals surface area contributed by atoms with Crippen molar-refractivity contribution < 1.29 is 4.74 Å². The van der Waals surface area contributed by atoms with Gasteiger partial charge in [-0.2, -0.15) is 4.98 Å². The monoisotopic (exact) mass is 375 g/mol. The van der Waals surface area contributed by atoms with E-state index in [9.17, 15) is 0 Å². The van der Waals surface area contributed by atoms with Gasteiger partial charge in [-0.1, -0.05) is 11.6 Å². The molecule has 0 aliphatic carbocycles. The second-order valence-corrected chi connectivity index (χ2v) is 6.88. The number of ether oxygens (including phenoxy) is 1. The van der Waals surface area contributed by atoms with Gasteiger partial charge in [-0.05, 0) is 18.9 Å². The summed E-state index contributed by atoms with van der Waals surface area (Å²) in [6.07, 6.45) is 7.10. The van der Waals surface area contributed by atoms with Crippen molar-refractivity contribution >= 4 is 29.3 Å². The highest BCUT2D eigenvalue weighted by Gasteiger charge is 2.21. The highest BCUT2D eigenvalue weighted by molar-refractivity contribution is 6.30. The molecule has 0 amide bonds. The summed E-state index contributed by atoms with van der Waals surface area (Å²) in [4.78, 5) is 22.0. The SMILES string of the molecule is Clc1cnc(N2CCC(Nc3ccnc(N4CCOCC4)n3)CC2)nc1. The summed E-state index contributed by atoms with van der Waals surface area (Å²) in [5, 5.41) is 4.10. The molecule has 0 aromatic carbocycles. The van der Waals surface area contributed by atoms with Crippen LogP contribution in [0.3, 0.4) is 0 Å². The fraction of sp³-hybridized carbons (Fsp3) is 0.529. The Morgan fingerprint density at radius 1 is 0.962 bits per heavy atom. The molecule has 26 heavy (non-hydrogen) atoms. The van der Waals surface area contributed by atoms with Crippen molar-refractivity contribution in [2.24, 2.45) is 0 Å². The van der Waals surface area contributed by atoms with Gasteiger partial charge < -0.3 is 19.9 Å². The summed E-state index contributed by atoms with van der Waals surface area (Å²) in [5.41, 5.74) is 0. The largest absolute Gasteiger partial charge is 0.378 e. The smallest absolute Gasteiger partial charge is 0.227 e. The first-order chi connectivity index (χ1) is 12.8. The molecule has 0 atom stereocenters. The van der Waals surface area contributed by atoms with Crippen LogP contribution in [-0.2, 0) is 4.74 Å². The summed E-state index contributed by atoms with van der Waals surface area (Å²) in [5.74, 6) is 2.39. The number of hydrogen-bond acceptors (Lipinski definition) is 8. The fourth-order valence-electron chi connectivity index (χ4n) is 3.25. The zero-order chi connectivity index (χ0) is 17.8. The van der Waals surface area contributed by atoms with Crippen LogP contribution in [0.25, 0.3) is 0 Å². The molecular formula is C17H22ClN7O. The molecule has 8 nitrogen and oxygen atoms in total. The third-order valence-electron chi connectivity index (χ3n) is 4.67. The van der Waals surface area contributed by atoms with Crippen molar-refractivity contribution in [2.45, 2.75) is 18.9 Å². The number of halogens is 1. The fourth-order valence-corrected chi connectivity index (χ4v) is 3.34. The van der Waals surface area contributed by atoms with Gasteiger partial charge in [0.15, 0.2) is 0 Å². The van der Waals surface area contributed by atoms with Crippen LogP contribution in [-0.4, -0.2) is 65.4 Å². The van der Waals surface area contributed by atoms with Crippen LogP contribution in [0.15, 0.2) is 24.7 Å². The number of hydrogen-bond donors (Lipinski definition) is 1. The van der Waals surface area contributed by atoms with Crippen LogP contribution in [0, 0.1) is 0 Å². The molecule has 2 aromatic heterocycles. The molecule has 4 rings (SSSR count). The standard InChI is InChI=1S/C17H22ClN7O/c18-13-11-20-16(21-12-13)24-5-2-14(3-6-24)22-15-1-4-19-17(23-15)25-7-9-26-10-8-25/h1,4,11-12,14H,2-3,5-10H2,(H,19,22,23). The number of piperidine rings is 1. The quantitative estimate of drug-likeness (QED) is 0.867. The second-order valence-electron chi connectivity index (χ2n) is 6.45. The van der Waals surface area contributed by atoms with Crippen molar-refractivity contribution in [2.75, 3.05) is 54.5 Å². The van der Waals surface area contributed by atoms with E-state index in [0.29, 0.717) is 11.1 Å². The van der Waals surface area contributed by atoms with Crippen molar-refractivity contribution in [1.82, 2.24) is 19.9 Å². The molecule has 138 valence electrons. The van der Waals surface area contributed by atoms with E-state index in [1.807, 2.05) is 12.3 Å². The van der Waals surface area contributed by atoms with E-state index in [4.69, 9.17) is 16.3 Å². The molecule has 9 heteroatoms. The van der Waals surface area contributed by atoms with Crippen LogP contribution in [0.5, 0.6) is 0 Å². The summed E-state index contributed by atoms with van der Waals surface area (Å²) in [6, 6.07) is 2.31. The number of aromatic nitrogens is 4. The maximum Gasteiger partial charge on any atom is 0.227 e. The minimum atomic E-state index is 0.381. The van der Waals surface area contributed by atoms with Gasteiger partial charge in [-0.3, -0.25) is 0 Å². The van der Waals surface area contributed by atoms with E-state index < -0.39 is 0 Å². The molecule has 2 aliphatic heterocycles. The number of nitrogens with one attached hydrogen (secondary N) is 1. The highest BCUT2D eigenvalue weighted by atomic mass is 35.5. The molecule has 2 saturated heterocycles. The Kier molecular flexibility index (Phi) is 5.31. The van der Waals surface area contributed by atoms with E-state index >= 15 is 0 Å². The Labute approximate surface area is 157 Å². The first-order valence-corrected chi connectivity index (χ1v) is 9.30. The molecule has 0 unspecified atom stereocenters. The van der Waals surface area contributed by atoms with E-state index in [0.717, 1.165) is 69.9 Å². The van der Waals surface area contributed by atoms with Gasteiger partial charge >= 0.3 is 0 Å². The first kappa shape index (κ1) is 17.2. The molecule has 2 aliphatic rings. The van der Waals surface area contributed by atoms with E-state index in [1.165, 1.54) is 0 Å². The van der Waals surface area contributed by atoms with Crippen molar-refractivity contribution in [3.05, 3.63) is 29.7 Å². The van der Waals surface area contributed by atoms with Gasteiger partial charge in [0.05, 0.1) is 30.6 Å². The molecule has 0 radical (unpaired) electrons. The summed E-state index contributed by atoms with van der Waals surface area (Å²) < 4.78 is 5.39. The molecule has 0 saturated carbocycles. The van der Waals surface area contributed by atoms with Gasteiger partial charge in [-0.25, -0.2) is 15.0 Å². The summed E-state index contributed by atoms with van der Waals surface area (Å²) in [6.45, 7) is 4.94. The Hall–Kier alpha value is -2.19. The minimum absolute atomic E-state index is 0.381. The molecule has 0 bridgehead atoms. The van der Waals surface area contributed by atoms with Crippen molar-refractivity contribution in [3.8, 4) is 0 Å². The minimum Gasteiger partial charge on any atom is -0.378 e. The molecule has 1 N–H and O–H groups in total. The van der Waals surface area contributed by atoms with Gasteiger partial charge in [0.2, 0.25) is 11.9 Å². The Balaban J connectivity index is 1.33. The molecule has 2 fully saturated rings. The molecule has 0 spiro atoms. The summed E-state index contributed by atoms with van der Waals surface area (Å²) >= 11 is 5.86. The Morgan fingerprint density at radius 2 is 1.65 bits per heavy atom. The Bertz CT molecular complexity index is 715. The second kappa shape index (κ2) is 8.01. The van der Waals surface area contributed by atoms with Gasteiger partial charge in [-0.15, -0.1) is 0 Å². The first-order valence-electron chi connectivity index (χ1n) is 8.93. The lowest BCUT2D eigenvalue weighted by molar-refractivity contribution is 0.122. The average molecular weight is 376 g/mol. The number of rotatable bonds is 4. The van der Waals surface area contributed by atoms with Crippen LogP contribution < -0.4 is 15.1 Å². The predicted molar refractivity (Wildman–Crippen MR) is 101 cm³/mol. The normalized spacial score (nSPS) is 18.8. The van der Waals surface area contributed by atoms with Crippen LogP contribution in [0.2, 0.25) is 5.02 Å². The maximum atomic E-state index is 5.86. The average Bonchev–Trinajstić information content (AvgIpc) is 2.70. The Morgan fingerprint density at radius 3 is 2.38 bits per heavy atom. The van der Waals surface area contributed by atoms with Crippen LogP contribution in [0.4, 0.5) is 17.7 Å². The molecule has 2 aromatic rings. The van der Waals surface area contributed by atoms with Crippen LogP contribution in [0.1, 0.15) is 12.8 Å². The number of morpholine rings is 1. The van der Waals surface area contributed by atoms with Crippen molar-refractivity contribution in [1.29, 1.82) is 0 Å². The third kappa shape index (κ3) is 4.13. The number of nitrogens with zero attached hydrogens (tertiary/aromatic N) is 6. The highest BCUT2D eigenvalue weighted by Crippen LogP contribution is 2.20. The topological polar surface area (TPSA) is 79.3 Å². The lowest BCUT2D eigenvalue weighted by Gasteiger charge is -2.32. The zero-order valence-electron chi connectivity index (χ0n) is 14.5. The molecular weight excluding hydrogens is 354 g/mol. The van der Waals surface area contributed by atoms with Gasteiger partial charge in [0.25, 0.3) is 0 Å². The van der Waals surface area contributed by atoms with E-state index in [-0.39, 0.29) is 0 Å². The third-order valence-corrected chi connectivity index (χ3v) is 4.87. The van der Waals surface area contributed by atoms with Gasteiger partial charge in [0.1, 0.15) is 5.82 Å². The van der Waals surface area contributed by atoms with E-state index in [1.54, 1.807) is 12.4 Å². The predicted octanol–water partition coefficient (Wildman–Crippen LogP) is 1.84. The lowest BCUT2D eigenvalue weighted by atomic mass is 10.1. The lowest BCUT2D eigenvalue weighted by Crippen LogP contribution is -2.40. The maximum absolute atomic E-state index is 5.86. The van der Waals surface area contributed by atoms with E-state index in [2.05, 4.69) is 35.1 Å². The molecule has 4 heterocycles. The van der Waals surface area contributed by atoms with Crippen LogP contribution >= 0.6 is 11.6 Å². The van der Waals surface area contributed by atoms with Gasteiger partial charge in [0, 0.05) is 38.4 Å². The van der Waals surface area contributed by atoms with Crippen molar-refractivity contribution in [3.63, 3.8) is 0 Å².